The molecule has 0 spiro atoms. The summed E-state index contributed by atoms with van der Waals surface area (Å²) in [5.41, 5.74) is 1.56. The topological polar surface area (TPSA) is 93.4 Å². The Kier molecular flexibility index (Phi) is 4.75. The van der Waals surface area contributed by atoms with Crippen molar-refractivity contribution in [2.45, 2.75) is 32.8 Å². The second kappa shape index (κ2) is 6.96. The molecule has 1 N–H and O–H groups in total. The molecule has 1 aliphatic rings. The molecule has 128 valence electrons. The van der Waals surface area contributed by atoms with Crippen LogP contribution in [0.3, 0.4) is 0 Å². The van der Waals surface area contributed by atoms with Crippen LogP contribution in [0, 0.1) is 6.92 Å². The number of nitrogens with one attached hydrogen (secondary N) is 1. The second-order valence-corrected chi connectivity index (χ2v) is 6.05. The van der Waals surface area contributed by atoms with E-state index in [2.05, 4.69) is 20.5 Å². The van der Waals surface area contributed by atoms with E-state index in [1.165, 1.54) is 0 Å². The first-order valence-electron chi connectivity index (χ1n) is 7.96. The minimum Gasteiger partial charge on any atom is -0.422 e. The third kappa shape index (κ3) is 3.70. The van der Waals surface area contributed by atoms with Gasteiger partial charge in [0.25, 0.3) is 0 Å². The molecule has 0 saturated carbocycles. The molecule has 3 heterocycles. The van der Waals surface area contributed by atoms with Gasteiger partial charge in [0, 0.05) is 30.0 Å². The van der Waals surface area contributed by atoms with Gasteiger partial charge < -0.3 is 19.4 Å². The summed E-state index contributed by atoms with van der Waals surface area (Å²) in [5, 5.41) is 10.9. The minimum absolute atomic E-state index is 0.157. The normalized spacial score (nSPS) is 18.0. The molecular weight excluding hydrogens is 310 g/mol. The zero-order valence-electron chi connectivity index (χ0n) is 14.0. The van der Waals surface area contributed by atoms with Crippen LogP contribution >= 0.6 is 0 Å². The summed E-state index contributed by atoms with van der Waals surface area (Å²) in [5.74, 6) is 1.14. The molecule has 1 fully saturated rings. The van der Waals surface area contributed by atoms with Crippen molar-refractivity contribution in [2.24, 2.45) is 0 Å². The van der Waals surface area contributed by atoms with Crippen LogP contribution in [0.5, 0.6) is 0 Å². The molecule has 1 saturated heterocycles. The number of morpholine rings is 1. The van der Waals surface area contributed by atoms with Crippen LogP contribution in [0.2, 0.25) is 0 Å². The number of carbonyl (C=O) groups excluding carboxylic acids is 1. The van der Waals surface area contributed by atoms with Crippen molar-refractivity contribution in [1.82, 2.24) is 20.1 Å². The van der Waals surface area contributed by atoms with Crippen molar-refractivity contribution in [3.8, 4) is 0 Å². The Bertz CT molecular complexity index is 715. The van der Waals surface area contributed by atoms with Gasteiger partial charge in [0.15, 0.2) is 6.10 Å². The molecule has 0 radical (unpaired) electrons. The number of amides is 2. The van der Waals surface area contributed by atoms with Gasteiger partial charge >= 0.3 is 6.03 Å². The van der Waals surface area contributed by atoms with Crippen LogP contribution in [0.1, 0.15) is 43.3 Å². The lowest BCUT2D eigenvalue weighted by atomic mass is 10.2. The van der Waals surface area contributed by atoms with Gasteiger partial charge in [-0.05, 0) is 19.1 Å². The highest BCUT2D eigenvalue weighted by molar-refractivity contribution is 5.89. The molecule has 2 aromatic heterocycles. The lowest BCUT2D eigenvalue weighted by Gasteiger charge is -2.31. The zero-order valence-corrected chi connectivity index (χ0v) is 14.0. The van der Waals surface area contributed by atoms with Crippen LogP contribution in [-0.4, -0.2) is 45.8 Å². The largest absolute Gasteiger partial charge is 0.422 e. The third-order valence-corrected chi connectivity index (χ3v) is 3.73. The maximum atomic E-state index is 12.4. The highest BCUT2D eigenvalue weighted by atomic mass is 16.5. The Balaban J connectivity index is 1.65. The van der Waals surface area contributed by atoms with E-state index in [4.69, 9.17) is 9.15 Å². The molecule has 8 heteroatoms. The summed E-state index contributed by atoms with van der Waals surface area (Å²) in [6.45, 7) is 7.15. The number of aromatic nitrogens is 3. The van der Waals surface area contributed by atoms with Crippen molar-refractivity contribution >= 4 is 11.7 Å². The van der Waals surface area contributed by atoms with Crippen LogP contribution < -0.4 is 5.32 Å². The average Bonchev–Trinajstić information content (AvgIpc) is 3.05. The molecule has 24 heavy (non-hydrogen) atoms. The summed E-state index contributed by atoms with van der Waals surface area (Å²) < 4.78 is 11.3. The van der Waals surface area contributed by atoms with E-state index in [9.17, 15) is 4.79 Å². The number of nitrogens with zero attached hydrogens (tertiary/aromatic N) is 4. The number of ether oxygens (including phenoxy) is 1. The highest BCUT2D eigenvalue weighted by Crippen LogP contribution is 2.23. The Labute approximate surface area is 140 Å². The Morgan fingerprint density at radius 1 is 1.42 bits per heavy atom. The quantitative estimate of drug-likeness (QED) is 0.929. The summed E-state index contributed by atoms with van der Waals surface area (Å²) in [7, 11) is 0. The van der Waals surface area contributed by atoms with Crippen molar-refractivity contribution in [2.75, 3.05) is 25.0 Å². The van der Waals surface area contributed by atoms with Gasteiger partial charge in [-0.25, -0.2) is 4.79 Å². The first-order chi connectivity index (χ1) is 11.5. The first kappa shape index (κ1) is 16.4. The van der Waals surface area contributed by atoms with Crippen molar-refractivity contribution in [3.63, 3.8) is 0 Å². The van der Waals surface area contributed by atoms with Gasteiger partial charge in [-0.1, -0.05) is 13.8 Å². The average molecular weight is 331 g/mol. The lowest BCUT2D eigenvalue weighted by molar-refractivity contribution is -0.0276. The van der Waals surface area contributed by atoms with Gasteiger partial charge in [-0.15, -0.1) is 10.2 Å². The van der Waals surface area contributed by atoms with E-state index >= 15 is 0 Å². The van der Waals surface area contributed by atoms with Crippen LogP contribution in [0.25, 0.3) is 0 Å². The van der Waals surface area contributed by atoms with Crippen molar-refractivity contribution in [1.29, 1.82) is 0 Å². The maximum Gasteiger partial charge on any atom is 0.322 e. The number of anilines is 1. The van der Waals surface area contributed by atoms with E-state index in [0.717, 1.165) is 11.4 Å². The number of aryl methyl sites for hydroxylation is 1. The molecule has 0 aromatic carbocycles. The van der Waals surface area contributed by atoms with E-state index in [0.29, 0.717) is 31.5 Å². The Morgan fingerprint density at radius 3 is 2.96 bits per heavy atom. The third-order valence-electron chi connectivity index (χ3n) is 3.73. The highest BCUT2D eigenvalue weighted by Gasteiger charge is 2.29. The summed E-state index contributed by atoms with van der Waals surface area (Å²) in [4.78, 5) is 18.2. The van der Waals surface area contributed by atoms with Gasteiger partial charge in [0.2, 0.25) is 11.8 Å². The zero-order chi connectivity index (χ0) is 17.1. The smallest absolute Gasteiger partial charge is 0.322 e. The Morgan fingerprint density at radius 2 is 2.25 bits per heavy atom. The maximum absolute atomic E-state index is 12.4. The van der Waals surface area contributed by atoms with E-state index < -0.39 is 6.10 Å². The van der Waals surface area contributed by atoms with Crippen molar-refractivity contribution in [3.05, 3.63) is 35.8 Å². The van der Waals surface area contributed by atoms with Crippen LogP contribution in [0.4, 0.5) is 10.5 Å². The summed E-state index contributed by atoms with van der Waals surface area (Å²) in [6, 6.07) is 3.40. The number of urea groups is 1. The molecular formula is C16H21N5O3. The monoisotopic (exact) mass is 331 g/mol. The molecule has 0 aliphatic carbocycles. The molecule has 3 rings (SSSR count). The van der Waals surface area contributed by atoms with Gasteiger partial charge in [-0.3, -0.25) is 4.98 Å². The SMILES string of the molecule is Cc1cc(NC(=O)N2CCO[C@@H](c3nnc(C(C)C)o3)C2)ccn1. The fourth-order valence-electron chi connectivity index (χ4n) is 2.42. The molecule has 8 nitrogen and oxygen atoms in total. The molecule has 2 amide bonds. The number of pyridine rings is 1. The molecule has 0 unspecified atom stereocenters. The minimum atomic E-state index is -0.399. The lowest BCUT2D eigenvalue weighted by Crippen LogP contribution is -2.44. The second-order valence-electron chi connectivity index (χ2n) is 6.05. The number of hydrogen-bond donors (Lipinski definition) is 1. The molecule has 1 atom stereocenters. The van der Waals surface area contributed by atoms with Crippen LogP contribution in [0.15, 0.2) is 22.7 Å². The van der Waals surface area contributed by atoms with Crippen molar-refractivity contribution < 1.29 is 13.9 Å². The Hall–Kier alpha value is -2.48. The number of carbonyl (C=O) groups is 1. The summed E-state index contributed by atoms with van der Waals surface area (Å²) in [6.07, 6.45) is 1.27. The fraction of sp³-hybridized carbons (Fsp3) is 0.500. The van der Waals surface area contributed by atoms with E-state index in [-0.39, 0.29) is 11.9 Å². The predicted molar refractivity (Wildman–Crippen MR) is 86.6 cm³/mol. The molecule has 1 aliphatic heterocycles. The van der Waals surface area contributed by atoms with E-state index in [1.807, 2.05) is 26.8 Å². The van der Waals surface area contributed by atoms with Gasteiger partial charge in [0.1, 0.15) is 0 Å². The predicted octanol–water partition coefficient (Wildman–Crippen LogP) is 2.50. The van der Waals surface area contributed by atoms with Gasteiger partial charge in [0.05, 0.1) is 13.2 Å². The molecule has 0 bridgehead atoms. The number of rotatable bonds is 3. The first-order valence-corrected chi connectivity index (χ1v) is 7.96. The van der Waals surface area contributed by atoms with E-state index in [1.54, 1.807) is 17.2 Å². The fourth-order valence-corrected chi connectivity index (χ4v) is 2.42. The standard InChI is InChI=1S/C16H21N5O3/c1-10(2)14-19-20-15(24-14)13-9-21(6-7-23-13)16(22)18-12-4-5-17-11(3)8-12/h4-5,8,10,13H,6-7,9H2,1-3H3,(H,17,18,22)/t13-/m1/s1. The van der Waals surface area contributed by atoms with Gasteiger partial charge in [-0.2, -0.15) is 0 Å². The molecule has 2 aromatic rings. The van der Waals surface area contributed by atoms with Crippen LogP contribution in [-0.2, 0) is 4.74 Å². The number of hydrogen-bond acceptors (Lipinski definition) is 6. The summed E-state index contributed by atoms with van der Waals surface area (Å²) >= 11 is 0.